The van der Waals surface area contributed by atoms with Gasteiger partial charge in [-0.1, -0.05) is 158 Å². The number of benzene rings is 14. The van der Waals surface area contributed by atoms with Crippen LogP contribution in [0, 0.1) is 11.6 Å². The Morgan fingerprint density at radius 2 is 0.632 bits per heavy atom. The summed E-state index contributed by atoms with van der Waals surface area (Å²) in [5.74, 6) is -1.17. The van der Waals surface area contributed by atoms with Crippen molar-refractivity contribution in [2.24, 2.45) is 0 Å². The van der Waals surface area contributed by atoms with E-state index >= 15 is 8.78 Å². The number of rotatable bonds is 3. The zero-order chi connectivity index (χ0) is 49.4. The predicted octanol–water partition coefficient (Wildman–Crippen LogP) is 22.0. The standard InChI is InChI=1S/C72H34F2S2/c73-39-29-38(30-40(74)34-39)59-54-31-35-11-1-4-14-41(35)60-42-15-5-8-18-45(42)67(72(54)60)71-53-28-24-49-48-23-27-52-64-51(26-22-47(62(48)64)46-21-25-50(68(59)71)63(53)61(46)49)69-65(57-32-36-12-2-9-19-55(36)75-57)43-16-6-7-17-44(43)66(70(52)69)58-33-37-13-3-10-20-56(37)76-58/h1-34H. The average molecular weight is 1000 g/mol. The quantitative estimate of drug-likeness (QED) is 0.122. The lowest BCUT2D eigenvalue weighted by atomic mass is 9.86. The van der Waals surface area contributed by atoms with Gasteiger partial charge >= 0.3 is 0 Å². The molecule has 1 aliphatic carbocycles. The van der Waals surface area contributed by atoms with Crippen molar-refractivity contribution in [3.63, 3.8) is 0 Å². The zero-order valence-electron chi connectivity index (χ0n) is 40.2. The Morgan fingerprint density at radius 3 is 1.21 bits per heavy atom. The van der Waals surface area contributed by atoms with Gasteiger partial charge in [0.25, 0.3) is 0 Å². The minimum Gasteiger partial charge on any atom is -0.207 e. The van der Waals surface area contributed by atoms with E-state index in [0.29, 0.717) is 5.56 Å². The average Bonchev–Trinajstić information content (AvgIpc) is 4.48. The van der Waals surface area contributed by atoms with Gasteiger partial charge in [-0.05, 0) is 194 Å². The van der Waals surface area contributed by atoms with E-state index < -0.39 is 11.6 Å². The van der Waals surface area contributed by atoms with E-state index in [-0.39, 0.29) is 0 Å². The van der Waals surface area contributed by atoms with Gasteiger partial charge in [-0.15, -0.1) is 22.7 Å². The van der Waals surface area contributed by atoms with Crippen LogP contribution >= 0.6 is 22.7 Å². The Bertz CT molecular complexity index is 5420. The second kappa shape index (κ2) is 14.0. The highest BCUT2D eigenvalue weighted by Gasteiger charge is 2.34. The van der Waals surface area contributed by atoms with Gasteiger partial charge in [0.1, 0.15) is 11.6 Å². The van der Waals surface area contributed by atoms with Gasteiger partial charge in [0, 0.05) is 47.5 Å². The maximum absolute atomic E-state index is 15.7. The SMILES string of the molecule is Fc1cc(F)cc(-c2c3cc4ccccc4c4c5ccccc5c(c5c6ccc7c8ccc9c%10c(ccc(c%11ccc(c25)c6c%117)c%108)-c2c-9c(-c5cc6ccccc6s5)c5ccccc5c2-c2cc5ccccc5s2)c34)c1. The minimum atomic E-state index is -0.587. The minimum absolute atomic E-state index is 0.542. The maximum atomic E-state index is 15.7. The summed E-state index contributed by atoms with van der Waals surface area (Å²) in [6.07, 6.45) is 0. The molecular weight excluding hydrogens is 967 g/mol. The molecule has 0 N–H and O–H groups in total. The van der Waals surface area contributed by atoms with Crippen LogP contribution in [0.25, 0.3) is 193 Å². The van der Waals surface area contributed by atoms with E-state index in [2.05, 4.69) is 188 Å². The normalized spacial score (nSPS) is 12.9. The van der Waals surface area contributed by atoms with Crippen LogP contribution in [0.3, 0.4) is 0 Å². The molecule has 2 heterocycles. The summed E-state index contributed by atoms with van der Waals surface area (Å²) in [5.41, 5.74) is 9.18. The van der Waals surface area contributed by atoms with Crippen LogP contribution < -0.4 is 0 Å². The van der Waals surface area contributed by atoms with E-state index in [0.717, 1.165) is 49.3 Å². The molecular formula is C72H34F2S2. The van der Waals surface area contributed by atoms with Gasteiger partial charge in [0.2, 0.25) is 0 Å². The summed E-state index contributed by atoms with van der Waals surface area (Å²) in [5, 5.41) is 28.6. The Balaban J connectivity index is 0.977. The first-order chi connectivity index (χ1) is 37.5. The molecule has 0 nitrogen and oxygen atoms in total. The van der Waals surface area contributed by atoms with Crippen molar-refractivity contribution in [2.75, 3.05) is 0 Å². The molecule has 0 bridgehead atoms. The molecule has 76 heavy (non-hydrogen) atoms. The van der Waals surface area contributed by atoms with Crippen LogP contribution in [-0.2, 0) is 0 Å². The van der Waals surface area contributed by atoms with E-state index in [1.807, 2.05) is 22.7 Å². The summed E-state index contributed by atoms with van der Waals surface area (Å²) in [7, 11) is 0. The van der Waals surface area contributed by atoms with Gasteiger partial charge in [-0.3, -0.25) is 0 Å². The van der Waals surface area contributed by atoms with Gasteiger partial charge < -0.3 is 0 Å². The molecule has 2 aromatic heterocycles. The van der Waals surface area contributed by atoms with Crippen LogP contribution in [0.5, 0.6) is 0 Å². The predicted molar refractivity (Wildman–Crippen MR) is 324 cm³/mol. The first-order valence-corrected chi connectivity index (χ1v) is 27.6. The van der Waals surface area contributed by atoms with Crippen LogP contribution in [0.4, 0.5) is 8.78 Å². The van der Waals surface area contributed by atoms with Crippen LogP contribution in [0.1, 0.15) is 0 Å². The molecule has 19 rings (SSSR count). The van der Waals surface area contributed by atoms with Crippen LogP contribution in [0.2, 0.25) is 0 Å². The molecule has 0 spiro atoms. The molecule has 1 aliphatic rings. The second-order valence-corrected chi connectivity index (χ2v) is 23.3. The summed E-state index contributed by atoms with van der Waals surface area (Å²) < 4.78 is 34.0. The van der Waals surface area contributed by atoms with Crippen molar-refractivity contribution in [1.82, 2.24) is 0 Å². The summed E-state index contributed by atoms with van der Waals surface area (Å²) >= 11 is 3.77. The molecule has 4 heteroatoms. The molecule has 0 atom stereocenters. The second-order valence-electron chi connectivity index (χ2n) is 21.1. The number of halogens is 2. The Labute approximate surface area is 439 Å². The number of thiophene rings is 2. The van der Waals surface area contributed by atoms with E-state index in [1.54, 1.807) is 0 Å². The molecule has 0 aliphatic heterocycles. The Hall–Kier alpha value is -9.06. The number of hydrogen-bond acceptors (Lipinski definition) is 2. The monoisotopic (exact) mass is 1000 g/mol. The largest absolute Gasteiger partial charge is 0.207 e. The molecule has 0 unspecified atom stereocenters. The molecule has 0 saturated heterocycles. The van der Waals surface area contributed by atoms with Gasteiger partial charge in [0.05, 0.1) is 0 Å². The van der Waals surface area contributed by atoms with Crippen molar-refractivity contribution in [1.29, 1.82) is 0 Å². The lowest BCUT2D eigenvalue weighted by Gasteiger charge is -2.18. The van der Waals surface area contributed by atoms with Gasteiger partial charge in [-0.25, -0.2) is 8.78 Å². The lowest BCUT2D eigenvalue weighted by Crippen LogP contribution is -1.91. The van der Waals surface area contributed by atoms with Crippen molar-refractivity contribution >= 4 is 161 Å². The van der Waals surface area contributed by atoms with Crippen molar-refractivity contribution in [2.45, 2.75) is 0 Å². The van der Waals surface area contributed by atoms with Crippen molar-refractivity contribution < 1.29 is 8.78 Å². The molecule has 0 saturated carbocycles. The van der Waals surface area contributed by atoms with Crippen molar-refractivity contribution in [3.05, 3.63) is 218 Å². The molecule has 348 valence electrons. The molecule has 0 amide bonds. The smallest absolute Gasteiger partial charge is 0.126 e. The highest BCUT2D eigenvalue weighted by molar-refractivity contribution is 7.23. The molecule has 16 aromatic carbocycles. The summed E-state index contributed by atoms with van der Waals surface area (Å²) in [6.45, 7) is 0. The maximum Gasteiger partial charge on any atom is 0.126 e. The number of hydrogen-bond donors (Lipinski definition) is 0. The van der Waals surface area contributed by atoms with E-state index in [4.69, 9.17) is 0 Å². The first-order valence-electron chi connectivity index (χ1n) is 25.9. The topological polar surface area (TPSA) is 0 Å². The fourth-order valence-corrected chi connectivity index (χ4v) is 17.0. The van der Waals surface area contributed by atoms with E-state index in [9.17, 15) is 0 Å². The first kappa shape index (κ1) is 40.3. The number of fused-ring (bicyclic) bond motifs is 17. The van der Waals surface area contributed by atoms with Gasteiger partial charge in [-0.2, -0.15) is 0 Å². The fraction of sp³-hybridized carbons (Fsp3) is 0. The third kappa shape index (κ3) is 4.85. The fourth-order valence-electron chi connectivity index (χ4n) is 14.7. The highest BCUT2D eigenvalue weighted by atomic mass is 32.1. The highest BCUT2D eigenvalue weighted by Crippen LogP contribution is 2.62. The van der Waals surface area contributed by atoms with Crippen molar-refractivity contribution in [3.8, 4) is 54.3 Å². The molecule has 0 radical (unpaired) electrons. The third-order valence-corrected chi connectivity index (χ3v) is 19.7. The lowest BCUT2D eigenvalue weighted by molar-refractivity contribution is 0.584. The van der Waals surface area contributed by atoms with Crippen LogP contribution in [-0.4, -0.2) is 0 Å². The third-order valence-electron chi connectivity index (χ3n) is 17.5. The molecule has 18 aromatic rings. The van der Waals surface area contributed by atoms with E-state index in [1.165, 1.54) is 156 Å². The van der Waals surface area contributed by atoms with Crippen LogP contribution in [0.15, 0.2) is 206 Å². The Kier molecular flexibility index (Phi) is 7.43. The summed E-state index contributed by atoms with van der Waals surface area (Å²) in [6, 6.07) is 74.1. The Morgan fingerprint density at radius 1 is 0.237 bits per heavy atom. The summed E-state index contributed by atoms with van der Waals surface area (Å²) in [4.78, 5) is 2.56. The van der Waals surface area contributed by atoms with Gasteiger partial charge in [0.15, 0.2) is 0 Å². The zero-order valence-corrected chi connectivity index (χ0v) is 41.8. The molecule has 0 fully saturated rings.